The Bertz CT molecular complexity index is 869. The van der Waals surface area contributed by atoms with E-state index in [9.17, 15) is 0 Å². The normalized spacial score (nSPS) is 21.4. The van der Waals surface area contributed by atoms with Gasteiger partial charge < -0.3 is 0 Å². The van der Waals surface area contributed by atoms with Crippen molar-refractivity contribution in [2.24, 2.45) is 15.9 Å². The lowest BCUT2D eigenvalue weighted by atomic mass is 9.94. The van der Waals surface area contributed by atoms with Crippen LogP contribution in [-0.2, 0) is 0 Å². The molecule has 2 nitrogen and oxygen atoms in total. The fraction of sp³-hybridized carbons (Fsp3) is 0.400. The van der Waals surface area contributed by atoms with Crippen LogP contribution in [0.2, 0.25) is 0 Å². The summed E-state index contributed by atoms with van der Waals surface area (Å²) in [6, 6.07) is 6.66. The first-order chi connectivity index (χ1) is 13.5. The Morgan fingerprint density at radius 1 is 1.18 bits per heavy atom. The van der Waals surface area contributed by atoms with Gasteiger partial charge in [0.15, 0.2) is 0 Å². The number of hydrogen-bond donors (Lipinski definition) is 0. The molecule has 148 valence electrons. The lowest BCUT2D eigenvalue weighted by Crippen LogP contribution is -2.02. The molecule has 0 aromatic heterocycles. The van der Waals surface area contributed by atoms with E-state index in [1.807, 2.05) is 19.1 Å². The second kappa shape index (κ2) is 10.5. The van der Waals surface area contributed by atoms with Crippen molar-refractivity contribution in [3.63, 3.8) is 0 Å². The minimum absolute atomic E-state index is 0.516. The van der Waals surface area contributed by atoms with Crippen LogP contribution in [0.5, 0.6) is 0 Å². The maximum Gasteiger partial charge on any atom is 0.0662 e. The molecule has 1 aliphatic rings. The second-order valence-electron chi connectivity index (χ2n) is 7.14. The topological polar surface area (TPSA) is 24.7 Å². The summed E-state index contributed by atoms with van der Waals surface area (Å²) in [5, 5.41) is 0. The molecule has 0 aliphatic heterocycles. The van der Waals surface area contributed by atoms with Crippen LogP contribution in [0, 0.1) is 5.92 Å². The Morgan fingerprint density at radius 3 is 2.46 bits per heavy atom. The van der Waals surface area contributed by atoms with Gasteiger partial charge in [0.2, 0.25) is 0 Å². The Balaban J connectivity index is 2.44. The maximum absolute atomic E-state index is 4.83. The molecule has 0 radical (unpaired) electrons. The first kappa shape index (κ1) is 22.2. The van der Waals surface area contributed by atoms with Gasteiger partial charge in [-0.25, -0.2) is 0 Å². The van der Waals surface area contributed by atoms with Gasteiger partial charge in [0.25, 0.3) is 0 Å². The van der Waals surface area contributed by atoms with Crippen molar-refractivity contribution >= 4 is 32.3 Å². The van der Waals surface area contributed by atoms with Gasteiger partial charge in [-0.15, -0.1) is 8.86 Å². The third-order valence-corrected chi connectivity index (χ3v) is 5.93. The zero-order chi connectivity index (χ0) is 20.7. The van der Waals surface area contributed by atoms with Gasteiger partial charge in [-0.1, -0.05) is 43.4 Å². The number of aliphatic imine (C=N–C) groups is 2. The minimum atomic E-state index is 0.516. The monoisotopic (exact) mass is 392 g/mol. The van der Waals surface area contributed by atoms with E-state index in [1.165, 1.54) is 34.3 Å². The van der Waals surface area contributed by atoms with Gasteiger partial charge in [0.05, 0.1) is 5.70 Å². The lowest BCUT2D eigenvalue weighted by Gasteiger charge is -2.13. The number of allylic oxidation sites excluding steroid dienone is 5. The highest BCUT2D eigenvalue weighted by atomic mass is 31.0. The van der Waals surface area contributed by atoms with Crippen molar-refractivity contribution in [2.45, 2.75) is 53.4 Å². The molecular weight excluding hydrogens is 359 g/mol. The van der Waals surface area contributed by atoms with E-state index in [0.29, 0.717) is 11.8 Å². The Hall–Kier alpha value is -2.05. The van der Waals surface area contributed by atoms with E-state index in [-0.39, 0.29) is 0 Å². The summed E-state index contributed by atoms with van der Waals surface area (Å²) in [7, 11) is 5.42. The van der Waals surface area contributed by atoms with Crippen LogP contribution in [0.15, 0.2) is 57.6 Å². The third kappa shape index (κ3) is 5.06. The molecule has 0 bridgehead atoms. The lowest BCUT2D eigenvalue weighted by molar-refractivity contribution is 0.970. The van der Waals surface area contributed by atoms with E-state index < -0.39 is 0 Å². The molecule has 0 amide bonds. The quantitative estimate of drug-likeness (QED) is 0.339. The van der Waals surface area contributed by atoms with Crippen molar-refractivity contribution in [1.29, 1.82) is 0 Å². The van der Waals surface area contributed by atoms with Crippen LogP contribution < -0.4 is 0 Å². The second-order valence-corrected chi connectivity index (χ2v) is 7.43. The van der Waals surface area contributed by atoms with Gasteiger partial charge >= 0.3 is 0 Å². The molecule has 1 aromatic carbocycles. The highest BCUT2D eigenvalue weighted by molar-refractivity contribution is 7.19. The molecule has 3 heteroatoms. The summed E-state index contributed by atoms with van der Waals surface area (Å²) in [5.74, 6) is 3.04. The van der Waals surface area contributed by atoms with E-state index in [2.05, 4.69) is 84.9 Å². The van der Waals surface area contributed by atoms with Crippen LogP contribution in [0.3, 0.4) is 0 Å². The highest BCUT2D eigenvalue weighted by Crippen LogP contribution is 2.53. The SMILES string of the molecule is C\C=C(/C=N/C(=C\C)c1ccc(C=P)cc1C1CC1/C(=C/C)C(C)=NC)CC. The molecule has 1 aliphatic carbocycles. The molecule has 0 heterocycles. The number of nitrogens with zero attached hydrogens (tertiary/aromatic N) is 2. The summed E-state index contributed by atoms with van der Waals surface area (Å²) in [5.41, 5.74) is 8.60. The number of hydrogen-bond acceptors (Lipinski definition) is 2. The van der Waals surface area contributed by atoms with E-state index in [1.54, 1.807) is 0 Å². The number of rotatable bonds is 8. The molecule has 2 unspecified atom stereocenters. The molecule has 1 fully saturated rings. The van der Waals surface area contributed by atoms with Gasteiger partial charge in [-0.2, -0.15) is 0 Å². The van der Waals surface area contributed by atoms with Gasteiger partial charge in [-0.05, 0) is 80.4 Å². The molecule has 2 atom stereocenters. The van der Waals surface area contributed by atoms with Crippen LogP contribution in [-0.4, -0.2) is 24.8 Å². The summed E-state index contributed by atoms with van der Waals surface area (Å²) in [4.78, 5) is 9.25. The van der Waals surface area contributed by atoms with Crippen LogP contribution in [0.25, 0.3) is 5.70 Å². The van der Waals surface area contributed by atoms with Crippen molar-refractivity contribution in [1.82, 2.24) is 0 Å². The van der Waals surface area contributed by atoms with Gasteiger partial charge in [0.1, 0.15) is 0 Å². The zero-order valence-corrected chi connectivity index (χ0v) is 19.1. The minimum Gasteiger partial charge on any atom is -0.293 e. The van der Waals surface area contributed by atoms with Crippen molar-refractivity contribution in [3.05, 3.63) is 64.3 Å². The summed E-state index contributed by atoms with van der Waals surface area (Å²) in [6.45, 7) is 10.5. The summed E-state index contributed by atoms with van der Waals surface area (Å²) < 4.78 is 0. The summed E-state index contributed by atoms with van der Waals surface area (Å²) >= 11 is 0. The van der Waals surface area contributed by atoms with Crippen molar-refractivity contribution in [2.75, 3.05) is 7.05 Å². The van der Waals surface area contributed by atoms with E-state index in [4.69, 9.17) is 4.99 Å². The Labute approximate surface area is 173 Å². The average molecular weight is 393 g/mol. The molecule has 0 saturated heterocycles. The van der Waals surface area contributed by atoms with Gasteiger partial charge in [-0.3, -0.25) is 9.98 Å². The largest absolute Gasteiger partial charge is 0.293 e. The predicted molar refractivity (Wildman–Crippen MR) is 130 cm³/mol. The molecule has 28 heavy (non-hydrogen) atoms. The molecule has 1 aromatic rings. The average Bonchev–Trinajstić information content (AvgIpc) is 3.51. The maximum atomic E-state index is 4.83. The Kier molecular flexibility index (Phi) is 8.33. The first-order valence-electron chi connectivity index (χ1n) is 10.1. The van der Waals surface area contributed by atoms with Crippen molar-refractivity contribution in [3.8, 4) is 0 Å². The first-order valence-corrected chi connectivity index (χ1v) is 10.7. The fourth-order valence-corrected chi connectivity index (χ4v) is 3.92. The van der Waals surface area contributed by atoms with Crippen LogP contribution in [0.1, 0.15) is 70.1 Å². The molecule has 1 saturated carbocycles. The third-order valence-electron chi connectivity index (χ3n) is 5.59. The molecular formula is C25H33N2P. The standard InChI is InChI=1S/C25H33N2P/c1-7-18(8-2)15-27-25(10-4)21-12-11-19(16-28)13-22(21)24-14-23(24)20(9-3)17(5)26-6/h7,9-13,15-16,23-24,28H,8,14H2,1-6H3/b18-7-,20-9+,25-10-,26-17?,27-15+. The van der Waals surface area contributed by atoms with Crippen molar-refractivity contribution < 1.29 is 0 Å². The predicted octanol–water partition coefficient (Wildman–Crippen LogP) is 6.91. The zero-order valence-electron chi connectivity index (χ0n) is 18.1. The van der Waals surface area contributed by atoms with Crippen LogP contribution >= 0.6 is 8.86 Å². The fourth-order valence-electron chi connectivity index (χ4n) is 3.74. The molecule has 0 N–H and O–H groups in total. The van der Waals surface area contributed by atoms with Crippen LogP contribution in [0.4, 0.5) is 0 Å². The van der Waals surface area contributed by atoms with E-state index in [0.717, 1.165) is 17.8 Å². The highest BCUT2D eigenvalue weighted by Gasteiger charge is 2.42. The molecule has 2 rings (SSSR count). The number of benzene rings is 1. The van der Waals surface area contributed by atoms with E-state index >= 15 is 0 Å². The molecule has 0 spiro atoms. The summed E-state index contributed by atoms with van der Waals surface area (Å²) in [6.07, 6.45) is 10.6. The Morgan fingerprint density at radius 2 is 1.93 bits per heavy atom. The van der Waals surface area contributed by atoms with Gasteiger partial charge in [0, 0.05) is 24.5 Å². The smallest absolute Gasteiger partial charge is 0.0662 e.